The summed E-state index contributed by atoms with van der Waals surface area (Å²) >= 11 is 0. The van der Waals surface area contributed by atoms with Gasteiger partial charge in [-0.05, 0) is 12.0 Å². The summed E-state index contributed by atoms with van der Waals surface area (Å²) in [6, 6.07) is -0.352. The minimum atomic E-state index is -0.176. The van der Waals surface area contributed by atoms with Crippen molar-refractivity contribution in [2.75, 3.05) is 0 Å². The Bertz CT molecular complexity index is 270. The van der Waals surface area contributed by atoms with Crippen LogP contribution in [0.25, 0.3) is 0 Å². The molecule has 0 aromatic heterocycles. The molecule has 0 bridgehead atoms. The number of ether oxygens (including phenoxy) is 2. The Balaban J connectivity index is -0.000000308. The Morgan fingerprint density at radius 3 is 1.17 bits per heavy atom. The molecule has 0 spiro atoms. The molecule has 2 aliphatic heterocycles. The van der Waals surface area contributed by atoms with Gasteiger partial charge < -0.3 is 23.3 Å². The van der Waals surface area contributed by atoms with Crippen LogP contribution in [0.4, 0.5) is 0 Å². The van der Waals surface area contributed by atoms with E-state index in [1.807, 2.05) is 0 Å². The van der Waals surface area contributed by atoms with Crippen molar-refractivity contribution in [3.8, 4) is 0 Å². The monoisotopic (exact) mass is 466 g/mol. The second-order valence-electron chi connectivity index (χ2n) is 5.71. The van der Waals surface area contributed by atoms with E-state index in [4.69, 9.17) is 25.2 Å². The summed E-state index contributed by atoms with van der Waals surface area (Å²) < 4.78 is 10.7. The summed E-state index contributed by atoms with van der Waals surface area (Å²) in [4.78, 5) is 0. The predicted octanol–water partition coefficient (Wildman–Crippen LogP) is 3.71. The summed E-state index contributed by atoms with van der Waals surface area (Å²) in [5.41, 5.74) is 0. The molecule has 2 fully saturated rings. The predicted molar refractivity (Wildman–Crippen MR) is 91.1 cm³/mol. The van der Waals surface area contributed by atoms with Gasteiger partial charge in [-0.25, -0.2) is 0 Å². The fraction of sp³-hybridized carbons (Fsp3) is 0.765. The van der Waals surface area contributed by atoms with E-state index in [2.05, 4.69) is 41.5 Å². The van der Waals surface area contributed by atoms with E-state index in [1.165, 1.54) is 0 Å². The van der Waals surface area contributed by atoms with Crippen LogP contribution in [0, 0.1) is 49.7 Å². The summed E-state index contributed by atoms with van der Waals surface area (Å²) in [6.07, 6.45) is 4.13. The van der Waals surface area contributed by atoms with Gasteiger partial charge in [-0.15, -0.1) is 0 Å². The zero-order chi connectivity index (χ0) is 15.4. The van der Waals surface area contributed by atoms with Gasteiger partial charge in [0.25, 0.3) is 0 Å². The van der Waals surface area contributed by atoms with E-state index in [1.54, 1.807) is 0 Å². The Labute approximate surface area is 198 Å². The molecule has 2 nitrogen and oxygen atoms in total. The van der Waals surface area contributed by atoms with Crippen molar-refractivity contribution >= 4 is 15.7 Å². The van der Waals surface area contributed by atoms with Crippen LogP contribution in [0.5, 0.6) is 0 Å². The van der Waals surface area contributed by atoms with Crippen LogP contribution in [0.2, 0.25) is 0 Å². The summed E-state index contributed by atoms with van der Waals surface area (Å²) in [5.74, 6) is 1.32. The van der Waals surface area contributed by atoms with Crippen molar-refractivity contribution in [1.82, 2.24) is 0 Å². The molecule has 0 aromatic rings. The minimum absolute atomic E-state index is 0. The molecule has 0 N–H and O–H groups in total. The molecular weight excluding hydrogens is 436 g/mol. The van der Waals surface area contributed by atoms with Gasteiger partial charge in [-0.2, -0.15) is 48.7 Å². The van der Waals surface area contributed by atoms with Crippen molar-refractivity contribution < 1.29 is 74.9 Å². The van der Waals surface area contributed by atoms with Crippen molar-refractivity contribution in [3.63, 3.8) is 0 Å². The van der Waals surface area contributed by atoms with Gasteiger partial charge in [0.1, 0.15) is 15.7 Å². The van der Waals surface area contributed by atoms with Crippen LogP contribution in [0.15, 0.2) is 0 Å². The van der Waals surface area contributed by atoms with Gasteiger partial charge in [0, 0.05) is 65.4 Å². The number of rotatable bonds is 2. The Morgan fingerprint density at radius 1 is 0.826 bits per heavy atom. The second-order valence-corrected chi connectivity index (χ2v) is 5.71. The van der Waals surface area contributed by atoms with Crippen molar-refractivity contribution in [3.05, 3.63) is 26.1 Å². The number of hydrogen-bond donors (Lipinski definition) is 0. The van der Waals surface area contributed by atoms with Gasteiger partial charge in [-0.3, -0.25) is 0 Å². The molecule has 2 heterocycles. The largest absolute Gasteiger partial charge is 0.555 e. The summed E-state index contributed by atoms with van der Waals surface area (Å²) in [5, 5.41) is 0. The first-order chi connectivity index (χ1) is 9.33. The Hall–Kier alpha value is 2.26. The van der Waals surface area contributed by atoms with Crippen LogP contribution < -0.4 is 0 Å². The third-order valence-corrected chi connectivity index (χ3v) is 4.42. The molecule has 2 aliphatic rings. The maximum Gasteiger partial charge on any atom is 0.101 e. The molecule has 0 aromatic carbocycles. The minimum Gasteiger partial charge on any atom is -0.555 e. The SMILES string of the molecule is C.[B][C@@H]1O[C-](CC)C(C)[C@@H]1[CH2-].[B][C@@H]1O[C-](CC)C(C)[C@H]1[CH2-].[Y].[Y]. The molecule has 6 heteroatoms. The normalized spacial score (nSPS) is 37.0. The second kappa shape index (κ2) is 14.3. The first-order valence-corrected chi connectivity index (χ1v) is 7.55. The number of hydrogen-bond acceptors (Lipinski definition) is 2. The van der Waals surface area contributed by atoms with Gasteiger partial charge in [0.15, 0.2) is 0 Å². The van der Waals surface area contributed by atoms with Crippen LogP contribution in [-0.2, 0) is 74.9 Å². The van der Waals surface area contributed by atoms with E-state index in [9.17, 15) is 0 Å². The zero-order valence-electron chi connectivity index (χ0n) is 14.4. The topological polar surface area (TPSA) is 18.5 Å². The van der Waals surface area contributed by atoms with Crippen molar-refractivity contribution in [2.24, 2.45) is 23.7 Å². The van der Waals surface area contributed by atoms with E-state index < -0.39 is 0 Å². The molecule has 0 aliphatic carbocycles. The van der Waals surface area contributed by atoms with Crippen molar-refractivity contribution in [2.45, 2.75) is 60.0 Å². The molecular formula is C17H30B2O2Y2-4. The van der Waals surface area contributed by atoms with Gasteiger partial charge >= 0.3 is 0 Å². The fourth-order valence-corrected chi connectivity index (χ4v) is 2.60. The molecule has 2 rings (SSSR count). The molecule has 0 saturated carbocycles. The molecule has 23 heavy (non-hydrogen) atoms. The fourth-order valence-electron chi connectivity index (χ4n) is 2.60. The van der Waals surface area contributed by atoms with Crippen LogP contribution in [0.3, 0.4) is 0 Å². The van der Waals surface area contributed by atoms with Crippen LogP contribution in [-0.4, -0.2) is 27.7 Å². The molecule has 126 valence electrons. The van der Waals surface area contributed by atoms with E-state index in [0.717, 1.165) is 25.0 Å². The first-order valence-electron chi connectivity index (χ1n) is 7.55. The average Bonchev–Trinajstić information content (AvgIpc) is 2.84. The smallest absolute Gasteiger partial charge is 0.101 e. The zero-order valence-corrected chi connectivity index (χ0v) is 20.1. The van der Waals surface area contributed by atoms with Crippen LogP contribution in [0.1, 0.15) is 48.0 Å². The summed E-state index contributed by atoms with van der Waals surface area (Å²) in [7, 11) is 11.3. The summed E-state index contributed by atoms with van der Waals surface area (Å²) in [6.45, 7) is 16.2. The van der Waals surface area contributed by atoms with Gasteiger partial charge in [0.2, 0.25) is 0 Å². The molecule has 6 radical (unpaired) electrons. The Morgan fingerprint density at radius 2 is 1.09 bits per heavy atom. The average molecular weight is 466 g/mol. The molecule has 6 atom stereocenters. The van der Waals surface area contributed by atoms with Crippen molar-refractivity contribution in [1.29, 1.82) is 0 Å². The third kappa shape index (κ3) is 8.21. The quantitative estimate of drug-likeness (QED) is 0.457. The van der Waals surface area contributed by atoms with Gasteiger partial charge in [-0.1, -0.05) is 35.1 Å². The Kier molecular flexibility index (Phi) is 18.7. The maximum absolute atomic E-state index is 5.63. The maximum atomic E-state index is 5.63. The first kappa shape index (κ1) is 30.0. The van der Waals surface area contributed by atoms with E-state index in [0.29, 0.717) is 11.8 Å². The molecule has 0 amide bonds. The standard InChI is InChI=1S/2C8H13BO.CH4.2Y/c2*1-4-7-5(2)6(3)8(9)10-7;;;/h2*5-6,8H,3-4H2,1-2H3;1H4;;/q2*-2;;;/t5?,6-,8+;5?,6-,8-;;;/m01.../s1. The van der Waals surface area contributed by atoms with E-state index in [-0.39, 0.29) is 96.7 Å². The molecule has 2 unspecified atom stereocenters. The third-order valence-electron chi connectivity index (χ3n) is 4.42. The van der Waals surface area contributed by atoms with Crippen LogP contribution >= 0.6 is 0 Å². The van der Waals surface area contributed by atoms with E-state index >= 15 is 0 Å². The molecule has 2 saturated heterocycles. The van der Waals surface area contributed by atoms with Gasteiger partial charge in [0.05, 0.1) is 0 Å².